The van der Waals surface area contributed by atoms with Crippen LogP contribution in [0.2, 0.25) is 0 Å². The van der Waals surface area contributed by atoms with Crippen molar-refractivity contribution in [2.45, 2.75) is 39.0 Å². The Kier molecular flexibility index (Phi) is 3.82. The molecule has 0 saturated heterocycles. The van der Waals surface area contributed by atoms with Gasteiger partial charge in [-0.25, -0.2) is 4.39 Å². The molecule has 1 aromatic rings. The lowest BCUT2D eigenvalue weighted by molar-refractivity contribution is 0.154. The van der Waals surface area contributed by atoms with Gasteiger partial charge in [0.05, 0.1) is 0 Å². The van der Waals surface area contributed by atoms with Gasteiger partial charge in [-0.1, -0.05) is 31.9 Å². The van der Waals surface area contributed by atoms with Crippen molar-refractivity contribution >= 4 is 0 Å². The Morgan fingerprint density at radius 2 is 2.29 bits per heavy atom. The molecule has 0 aromatic heterocycles. The molecule has 1 fully saturated rings. The molecule has 0 heterocycles. The zero-order chi connectivity index (χ0) is 12.3. The van der Waals surface area contributed by atoms with E-state index in [0.717, 1.165) is 17.9 Å². The quantitative estimate of drug-likeness (QED) is 0.852. The number of hydrogen-bond donors (Lipinski definition) is 1. The summed E-state index contributed by atoms with van der Waals surface area (Å²) in [5.41, 5.74) is 7.28. The Labute approximate surface area is 103 Å². The highest BCUT2D eigenvalue weighted by Crippen LogP contribution is 2.41. The van der Waals surface area contributed by atoms with Crippen LogP contribution in [0.4, 0.5) is 4.39 Å². The van der Waals surface area contributed by atoms with Gasteiger partial charge in [0.15, 0.2) is 0 Å². The molecule has 1 aromatic carbocycles. The van der Waals surface area contributed by atoms with Crippen LogP contribution in [0, 0.1) is 17.2 Å². The molecule has 17 heavy (non-hydrogen) atoms. The second-order valence-corrected chi connectivity index (χ2v) is 5.71. The zero-order valence-electron chi connectivity index (χ0n) is 10.6. The molecule has 1 aliphatic carbocycles. The van der Waals surface area contributed by atoms with E-state index in [9.17, 15) is 4.39 Å². The smallest absolute Gasteiger partial charge is 0.123 e. The summed E-state index contributed by atoms with van der Waals surface area (Å²) in [5.74, 6) is 0.611. The van der Waals surface area contributed by atoms with Gasteiger partial charge in [0.1, 0.15) is 5.82 Å². The van der Waals surface area contributed by atoms with E-state index in [1.165, 1.54) is 31.7 Å². The standard InChI is InChI=1S/C15H22FN/c1-12-4-3-7-15(9-12,11-17)10-13-5-2-6-14(16)8-13/h2,5-6,8,12H,3-4,7,9-11,17H2,1H3. The van der Waals surface area contributed by atoms with Crippen molar-refractivity contribution in [3.05, 3.63) is 35.6 Å². The molecule has 2 rings (SSSR count). The lowest BCUT2D eigenvalue weighted by Crippen LogP contribution is -2.37. The van der Waals surface area contributed by atoms with E-state index in [1.807, 2.05) is 6.07 Å². The van der Waals surface area contributed by atoms with Gasteiger partial charge in [-0.15, -0.1) is 0 Å². The summed E-state index contributed by atoms with van der Waals surface area (Å²) in [7, 11) is 0. The number of benzene rings is 1. The van der Waals surface area contributed by atoms with Crippen molar-refractivity contribution in [2.24, 2.45) is 17.1 Å². The van der Waals surface area contributed by atoms with E-state index in [2.05, 4.69) is 6.92 Å². The van der Waals surface area contributed by atoms with Gasteiger partial charge >= 0.3 is 0 Å². The van der Waals surface area contributed by atoms with Gasteiger partial charge in [0.25, 0.3) is 0 Å². The molecule has 1 saturated carbocycles. The second-order valence-electron chi connectivity index (χ2n) is 5.71. The highest BCUT2D eigenvalue weighted by Gasteiger charge is 2.33. The minimum atomic E-state index is -0.140. The van der Waals surface area contributed by atoms with Crippen LogP contribution in [-0.4, -0.2) is 6.54 Å². The molecule has 2 atom stereocenters. The summed E-state index contributed by atoms with van der Waals surface area (Å²) in [4.78, 5) is 0. The van der Waals surface area contributed by atoms with Gasteiger partial charge in [0, 0.05) is 0 Å². The lowest BCUT2D eigenvalue weighted by atomic mass is 9.67. The monoisotopic (exact) mass is 235 g/mol. The van der Waals surface area contributed by atoms with Crippen LogP contribution in [0.1, 0.15) is 38.2 Å². The minimum Gasteiger partial charge on any atom is -0.330 e. The van der Waals surface area contributed by atoms with Gasteiger partial charge in [0.2, 0.25) is 0 Å². The fraction of sp³-hybridized carbons (Fsp3) is 0.600. The first-order chi connectivity index (χ1) is 8.13. The van der Waals surface area contributed by atoms with E-state index in [0.29, 0.717) is 6.54 Å². The second kappa shape index (κ2) is 5.18. The Balaban J connectivity index is 2.13. The maximum atomic E-state index is 13.2. The molecular weight excluding hydrogens is 213 g/mol. The summed E-state index contributed by atoms with van der Waals surface area (Å²) >= 11 is 0. The molecular formula is C15H22FN. The van der Waals surface area contributed by atoms with Crippen molar-refractivity contribution in [2.75, 3.05) is 6.54 Å². The first-order valence-electron chi connectivity index (χ1n) is 6.58. The van der Waals surface area contributed by atoms with Gasteiger partial charge in [-0.05, 0) is 54.8 Å². The molecule has 94 valence electrons. The number of nitrogens with two attached hydrogens (primary N) is 1. The molecule has 2 N–H and O–H groups in total. The summed E-state index contributed by atoms with van der Waals surface area (Å²) in [6, 6.07) is 6.96. The fourth-order valence-electron chi connectivity index (χ4n) is 3.27. The third-order valence-corrected chi connectivity index (χ3v) is 4.09. The zero-order valence-corrected chi connectivity index (χ0v) is 10.6. The highest BCUT2D eigenvalue weighted by molar-refractivity contribution is 5.18. The van der Waals surface area contributed by atoms with Crippen molar-refractivity contribution < 1.29 is 4.39 Å². The lowest BCUT2D eigenvalue weighted by Gasteiger charge is -2.39. The normalized spacial score (nSPS) is 29.2. The van der Waals surface area contributed by atoms with E-state index in [1.54, 1.807) is 12.1 Å². The molecule has 0 radical (unpaired) electrons. The minimum absolute atomic E-state index is 0.140. The maximum absolute atomic E-state index is 13.2. The van der Waals surface area contributed by atoms with Crippen LogP contribution < -0.4 is 5.73 Å². The SMILES string of the molecule is CC1CCCC(CN)(Cc2cccc(F)c2)C1. The molecule has 2 unspecified atom stereocenters. The van der Waals surface area contributed by atoms with Crippen LogP contribution in [0.3, 0.4) is 0 Å². The average molecular weight is 235 g/mol. The van der Waals surface area contributed by atoms with E-state index in [4.69, 9.17) is 5.73 Å². The molecule has 1 nitrogen and oxygen atoms in total. The number of hydrogen-bond acceptors (Lipinski definition) is 1. The van der Waals surface area contributed by atoms with Gasteiger partial charge in [-0.3, -0.25) is 0 Å². The summed E-state index contributed by atoms with van der Waals surface area (Å²) in [6.45, 7) is 3.02. The third-order valence-electron chi connectivity index (χ3n) is 4.09. The molecule has 2 heteroatoms. The topological polar surface area (TPSA) is 26.0 Å². The van der Waals surface area contributed by atoms with Gasteiger partial charge < -0.3 is 5.73 Å². The molecule has 0 amide bonds. The van der Waals surface area contributed by atoms with Crippen molar-refractivity contribution in [1.29, 1.82) is 0 Å². The first kappa shape index (κ1) is 12.6. The molecule has 0 aliphatic heterocycles. The van der Waals surface area contributed by atoms with Gasteiger partial charge in [-0.2, -0.15) is 0 Å². The first-order valence-corrected chi connectivity index (χ1v) is 6.58. The predicted molar refractivity (Wildman–Crippen MR) is 69.2 cm³/mol. The third kappa shape index (κ3) is 3.06. The van der Waals surface area contributed by atoms with Crippen LogP contribution >= 0.6 is 0 Å². The van der Waals surface area contributed by atoms with Crippen LogP contribution in [0.15, 0.2) is 24.3 Å². The Morgan fingerprint density at radius 1 is 1.47 bits per heavy atom. The summed E-state index contributed by atoms with van der Waals surface area (Å²) in [6.07, 6.45) is 5.86. The summed E-state index contributed by atoms with van der Waals surface area (Å²) in [5, 5.41) is 0. The van der Waals surface area contributed by atoms with Crippen molar-refractivity contribution in [3.63, 3.8) is 0 Å². The highest BCUT2D eigenvalue weighted by atomic mass is 19.1. The summed E-state index contributed by atoms with van der Waals surface area (Å²) < 4.78 is 13.2. The van der Waals surface area contributed by atoms with Crippen LogP contribution in [0.25, 0.3) is 0 Å². The number of rotatable bonds is 3. The molecule has 0 bridgehead atoms. The Morgan fingerprint density at radius 3 is 2.94 bits per heavy atom. The fourth-order valence-corrected chi connectivity index (χ4v) is 3.27. The van der Waals surface area contributed by atoms with Crippen LogP contribution in [0.5, 0.6) is 0 Å². The predicted octanol–water partition coefficient (Wildman–Crippen LogP) is 3.52. The van der Waals surface area contributed by atoms with Crippen molar-refractivity contribution in [3.8, 4) is 0 Å². The van der Waals surface area contributed by atoms with Crippen molar-refractivity contribution in [1.82, 2.24) is 0 Å². The molecule has 0 spiro atoms. The Bertz CT molecular complexity index is 377. The van der Waals surface area contributed by atoms with E-state index < -0.39 is 0 Å². The van der Waals surface area contributed by atoms with E-state index in [-0.39, 0.29) is 11.2 Å². The van der Waals surface area contributed by atoms with E-state index >= 15 is 0 Å². The largest absolute Gasteiger partial charge is 0.330 e. The van der Waals surface area contributed by atoms with Crippen LogP contribution in [-0.2, 0) is 6.42 Å². The maximum Gasteiger partial charge on any atom is 0.123 e. The molecule has 1 aliphatic rings. The Hall–Kier alpha value is -0.890. The number of halogens is 1. The average Bonchev–Trinajstić information content (AvgIpc) is 2.29.